The number of aromatic nitrogens is 3. The van der Waals surface area contributed by atoms with E-state index in [2.05, 4.69) is 4.98 Å². The summed E-state index contributed by atoms with van der Waals surface area (Å²) in [6.07, 6.45) is 1.68. The molecule has 0 amide bonds. The highest BCUT2D eigenvalue weighted by atomic mass is 32.1. The predicted octanol–water partition coefficient (Wildman–Crippen LogP) is 2.55. The average molecular weight is 339 g/mol. The van der Waals surface area contributed by atoms with Crippen molar-refractivity contribution in [1.82, 2.24) is 14.0 Å². The van der Waals surface area contributed by atoms with Crippen LogP contribution in [-0.2, 0) is 11.3 Å². The number of thiophene rings is 1. The van der Waals surface area contributed by atoms with Gasteiger partial charge < -0.3 is 9.30 Å². The highest BCUT2D eigenvalue weighted by Gasteiger charge is 2.17. The van der Waals surface area contributed by atoms with Gasteiger partial charge in [-0.15, -0.1) is 11.3 Å². The lowest BCUT2D eigenvalue weighted by atomic mass is 10.3. The molecule has 0 aliphatic rings. The first-order chi connectivity index (χ1) is 11.7. The Labute approximate surface area is 140 Å². The number of esters is 1. The highest BCUT2D eigenvalue weighted by Crippen LogP contribution is 2.26. The molecule has 0 saturated heterocycles. The van der Waals surface area contributed by atoms with Gasteiger partial charge in [-0.05, 0) is 29.6 Å². The van der Waals surface area contributed by atoms with E-state index in [1.165, 1.54) is 17.6 Å². The zero-order valence-corrected chi connectivity index (χ0v) is 13.6. The van der Waals surface area contributed by atoms with Crippen LogP contribution in [0.1, 0.15) is 16.2 Å². The smallest absolute Gasteiger partial charge is 0.354 e. The molecule has 0 bridgehead atoms. The van der Waals surface area contributed by atoms with Crippen molar-refractivity contribution >= 4 is 33.2 Å². The Balaban J connectivity index is 1.86. The monoisotopic (exact) mass is 339 g/mol. The summed E-state index contributed by atoms with van der Waals surface area (Å²) < 4.78 is 9.18. The minimum atomic E-state index is -0.407. The van der Waals surface area contributed by atoms with Gasteiger partial charge in [-0.3, -0.25) is 9.20 Å². The largest absolute Gasteiger partial charge is 0.464 e. The van der Waals surface area contributed by atoms with Crippen molar-refractivity contribution in [1.29, 1.82) is 0 Å². The summed E-state index contributed by atoms with van der Waals surface area (Å²) in [6, 6.07) is 10.6. The Morgan fingerprint density at radius 2 is 2.17 bits per heavy atom. The normalized spacial score (nSPS) is 11.2. The molecule has 0 unspecified atom stereocenters. The van der Waals surface area contributed by atoms with Crippen LogP contribution in [0, 0.1) is 0 Å². The molecule has 4 aromatic rings. The summed E-state index contributed by atoms with van der Waals surface area (Å²) >= 11 is 1.55. The van der Waals surface area contributed by atoms with Crippen LogP contribution >= 0.6 is 11.3 Å². The quantitative estimate of drug-likeness (QED) is 0.538. The van der Waals surface area contributed by atoms with E-state index in [1.807, 2.05) is 22.1 Å². The van der Waals surface area contributed by atoms with E-state index in [-0.39, 0.29) is 5.56 Å². The van der Waals surface area contributed by atoms with Gasteiger partial charge >= 0.3 is 5.97 Å². The van der Waals surface area contributed by atoms with Crippen molar-refractivity contribution in [3.05, 3.63) is 69.7 Å². The van der Waals surface area contributed by atoms with Crippen LogP contribution in [0.3, 0.4) is 0 Å². The number of pyridine rings is 1. The first-order valence-electron chi connectivity index (χ1n) is 7.30. The van der Waals surface area contributed by atoms with Crippen LogP contribution in [-0.4, -0.2) is 27.0 Å². The molecule has 0 aliphatic heterocycles. The summed E-state index contributed by atoms with van der Waals surface area (Å²) in [7, 11) is 1.36. The maximum Gasteiger partial charge on any atom is 0.354 e. The van der Waals surface area contributed by atoms with Gasteiger partial charge in [0, 0.05) is 12.3 Å². The molecule has 4 aromatic heterocycles. The van der Waals surface area contributed by atoms with E-state index in [4.69, 9.17) is 4.74 Å². The Kier molecular flexibility index (Phi) is 3.42. The fourth-order valence-corrected chi connectivity index (χ4v) is 3.59. The first-order valence-corrected chi connectivity index (χ1v) is 8.18. The van der Waals surface area contributed by atoms with Gasteiger partial charge in [-0.1, -0.05) is 6.07 Å². The van der Waals surface area contributed by atoms with E-state index in [0.29, 0.717) is 23.6 Å². The van der Waals surface area contributed by atoms with Gasteiger partial charge in [0.25, 0.3) is 5.56 Å². The predicted molar refractivity (Wildman–Crippen MR) is 91.7 cm³/mol. The van der Waals surface area contributed by atoms with Crippen LogP contribution in [0.5, 0.6) is 0 Å². The van der Waals surface area contributed by atoms with Gasteiger partial charge in [0.2, 0.25) is 0 Å². The Bertz CT molecular complexity index is 1120. The van der Waals surface area contributed by atoms with Crippen LogP contribution in [0.15, 0.2) is 52.8 Å². The number of hydrogen-bond donors (Lipinski definition) is 0. The average Bonchev–Trinajstić information content (AvgIpc) is 3.17. The Morgan fingerprint density at radius 1 is 1.29 bits per heavy atom. The summed E-state index contributed by atoms with van der Waals surface area (Å²) in [5.74, 6) is -0.407. The first kappa shape index (κ1) is 14.6. The van der Waals surface area contributed by atoms with Crippen molar-refractivity contribution in [2.24, 2.45) is 0 Å². The van der Waals surface area contributed by atoms with E-state index >= 15 is 0 Å². The molecule has 6 nitrogen and oxygen atoms in total. The number of carbonyl (C=O) groups is 1. The molecule has 7 heteroatoms. The number of methoxy groups -OCH3 is 1. The third-order valence-electron chi connectivity index (χ3n) is 3.86. The van der Waals surface area contributed by atoms with Gasteiger partial charge in [0.1, 0.15) is 11.3 Å². The summed E-state index contributed by atoms with van der Waals surface area (Å²) in [4.78, 5) is 28.8. The number of nitrogens with zero attached hydrogens (tertiary/aromatic N) is 3. The highest BCUT2D eigenvalue weighted by molar-refractivity contribution is 7.17. The number of fused-ring (bicyclic) bond motifs is 2. The fourth-order valence-electron chi connectivity index (χ4n) is 2.77. The molecular formula is C17H13N3O3S. The zero-order chi connectivity index (χ0) is 16.7. The standard InChI is InChI=1S/C17H13N3O3S/c1-23-17(22)13-9-14-12(5-7-24-14)20(13)10-11-8-16(21)19-6-3-2-4-15(19)18-11/h2-9H,10H2,1H3. The molecule has 0 N–H and O–H groups in total. The molecule has 24 heavy (non-hydrogen) atoms. The minimum absolute atomic E-state index is 0.149. The van der Waals surface area contributed by atoms with E-state index in [1.54, 1.807) is 35.7 Å². The van der Waals surface area contributed by atoms with Gasteiger partial charge in [-0.2, -0.15) is 0 Å². The second-order valence-corrected chi connectivity index (χ2v) is 6.24. The maximum absolute atomic E-state index is 12.2. The molecule has 120 valence electrons. The lowest BCUT2D eigenvalue weighted by Gasteiger charge is -2.09. The third kappa shape index (κ3) is 2.30. The van der Waals surface area contributed by atoms with Crippen LogP contribution < -0.4 is 5.56 Å². The fraction of sp³-hybridized carbons (Fsp3) is 0.118. The second kappa shape index (κ2) is 5.61. The molecule has 0 atom stereocenters. The van der Waals surface area contributed by atoms with E-state index < -0.39 is 5.97 Å². The van der Waals surface area contributed by atoms with E-state index in [0.717, 1.165) is 10.2 Å². The maximum atomic E-state index is 12.2. The van der Waals surface area contributed by atoms with Crippen molar-refractivity contribution < 1.29 is 9.53 Å². The van der Waals surface area contributed by atoms with Crippen molar-refractivity contribution in [2.45, 2.75) is 6.54 Å². The summed E-state index contributed by atoms with van der Waals surface area (Å²) in [5.41, 5.74) is 2.40. The number of rotatable bonds is 3. The molecule has 0 aliphatic carbocycles. The van der Waals surface area contributed by atoms with Gasteiger partial charge in [0.15, 0.2) is 0 Å². The molecular weight excluding hydrogens is 326 g/mol. The van der Waals surface area contributed by atoms with Crippen molar-refractivity contribution in [3.8, 4) is 0 Å². The second-order valence-electron chi connectivity index (χ2n) is 5.29. The van der Waals surface area contributed by atoms with Crippen LogP contribution in [0.25, 0.3) is 15.9 Å². The molecule has 0 aromatic carbocycles. The SMILES string of the molecule is COC(=O)c1cc2sccc2n1Cc1cc(=O)n2ccccc2n1. The topological polar surface area (TPSA) is 65.6 Å². The minimum Gasteiger partial charge on any atom is -0.464 e. The summed E-state index contributed by atoms with van der Waals surface area (Å²) in [5, 5.41) is 1.96. The lowest BCUT2D eigenvalue weighted by Crippen LogP contribution is -2.18. The Hall–Kier alpha value is -2.93. The van der Waals surface area contributed by atoms with Gasteiger partial charge in [-0.25, -0.2) is 9.78 Å². The van der Waals surface area contributed by atoms with Crippen LogP contribution in [0.4, 0.5) is 0 Å². The molecule has 0 spiro atoms. The number of carbonyl (C=O) groups excluding carboxylic acids is 1. The lowest BCUT2D eigenvalue weighted by molar-refractivity contribution is 0.0589. The zero-order valence-electron chi connectivity index (χ0n) is 12.8. The number of ether oxygens (including phenoxy) is 1. The van der Waals surface area contributed by atoms with Gasteiger partial charge in [0.05, 0.1) is 29.6 Å². The Morgan fingerprint density at radius 3 is 3.00 bits per heavy atom. The molecule has 0 radical (unpaired) electrons. The molecule has 4 heterocycles. The molecule has 4 rings (SSSR count). The van der Waals surface area contributed by atoms with Crippen molar-refractivity contribution in [2.75, 3.05) is 7.11 Å². The number of hydrogen-bond acceptors (Lipinski definition) is 5. The summed E-state index contributed by atoms with van der Waals surface area (Å²) in [6.45, 7) is 0.325. The van der Waals surface area contributed by atoms with Crippen molar-refractivity contribution in [3.63, 3.8) is 0 Å². The van der Waals surface area contributed by atoms with Crippen LogP contribution in [0.2, 0.25) is 0 Å². The molecule has 0 saturated carbocycles. The molecule has 0 fully saturated rings. The third-order valence-corrected chi connectivity index (χ3v) is 4.71. The van der Waals surface area contributed by atoms with E-state index in [9.17, 15) is 9.59 Å².